The van der Waals surface area contributed by atoms with Crippen molar-refractivity contribution < 1.29 is 19.2 Å². The monoisotopic (exact) mass is 436 g/mol. The van der Waals surface area contributed by atoms with Gasteiger partial charge in [-0.15, -0.1) is 0 Å². The Balaban J connectivity index is 1.53. The van der Waals surface area contributed by atoms with Crippen LogP contribution in [-0.2, 0) is 9.59 Å². The van der Waals surface area contributed by atoms with E-state index in [4.69, 9.17) is 0 Å². The van der Waals surface area contributed by atoms with Crippen molar-refractivity contribution in [3.8, 4) is 0 Å². The highest BCUT2D eigenvalue weighted by Gasteiger charge is 2.21. The highest BCUT2D eigenvalue weighted by molar-refractivity contribution is 6.01. The molecule has 1 aliphatic rings. The van der Waals surface area contributed by atoms with Crippen molar-refractivity contribution in [3.63, 3.8) is 0 Å². The largest absolute Gasteiger partial charge is 0.343 e. The van der Waals surface area contributed by atoms with Crippen LogP contribution in [0.15, 0.2) is 48.5 Å². The molecule has 0 radical (unpaired) electrons. The minimum Gasteiger partial charge on any atom is -0.343 e. The zero-order valence-corrected chi connectivity index (χ0v) is 18.4. The lowest BCUT2D eigenvalue weighted by Crippen LogP contribution is -2.33. The van der Waals surface area contributed by atoms with Gasteiger partial charge in [0.25, 0.3) is 11.8 Å². The number of hydrogen-bond donors (Lipinski definition) is 2. The van der Waals surface area contributed by atoms with Gasteiger partial charge >= 0.3 is 0 Å². The first-order valence-electron chi connectivity index (χ1n) is 10.8. The molecule has 0 bridgehead atoms. The first-order chi connectivity index (χ1) is 15.4. The second kappa shape index (κ2) is 10.6. The summed E-state index contributed by atoms with van der Waals surface area (Å²) in [4.78, 5) is 52.3. The van der Waals surface area contributed by atoms with E-state index in [1.54, 1.807) is 58.3 Å². The molecule has 3 rings (SSSR count). The zero-order chi connectivity index (χ0) is 23.1. The maximum absolute atomic E-state index is 12.5. The molecule has 168 valence electrons. The van der Waals surface area contributed by atoms with Crippen LogP contribution in [0, 0.1) is 0 Å². The number of amides is 4. The normalized spacial score (nSPS) is 13.1. The van der Waals surface area contributed by atoms with Gasteiger partial charge < -0.3 is 20.4 Å². The van der Waals surface area contributed by atoms with Crippen LogP contribution >= 0.6 is 0 Å². The molecule has 0 unspecified atom stereocenters. The molecule has 2 aromatic rings. The maximum Gasteiger partial charge on any atom is 0.253 e. The lowest BCUT2D eigenvalue weighted by molar-refractivity contribution is -0.117. The minimum atomic E-state index is -0.398. The molecular weight excluding hydrogens is 408 g/mol. The Morgan fingerprint density at radius 1 is 1.00 bits per heavy atom. The predicted octanol–water partition coefficient (Wildman–Crippen LogP) is 2.66. The molecule has 0 aliphatic carbocycles. The summed E-state index contributed by atoms with van der Waals surface area (Å²) < 4.78 is 0. The summed E-state index contributed by atoms with van der Waals surface area (Å²) in [6.07, 6.45) is 1.38. The first kappa shape index (κ1) is 23.0. The lowest BCUT2D eigenvalue weighted by Gasteiger charge is -2.19. The van der Waals surface area contributed by atoms with E-state index in [0.29, 0.717) is 42.9 Å². The Morgan fingerprint density at radius 3 is 2.34 bits per heavy atom. The fraction of sp³-hybridized carbons (Fsp3) is 0.333. The maximum atomic E-state index is 12.5. The quantitative estimate of drug-likeness (QED) is 0.665. The summed E-state index contributed by atoms with van der Waals surface area (Å²) in [5.74, 6) is -0.796. The van der Waals surface area contributed by atoms with Crippen LogP contribution in [-0.4, -0.2) is 54.7 Å². The van der Waals surface area contributed by atoms with Crippen molar-refractivity contribution in [2.45, 2.75) is 26.7 Å². The van der Waals surface area contributed by atoms with E-state index in [1.165, 1.54) is 0 Å². The molecule has 1 saturated heterocycles. The van der Waals surface area contributed by atoms with E-state index in [1.807, 2.05) is 13.8 Å². The third-order valence-corrected chi connectivity index (χ3v) is 5.37. The molecule has 8 heteroatoms. The van der Waals surface area contributed by atoms with Gasteiger partial charge in [-0.1, -0.05) is 6.07 Å². The highest BCUT2D eigenvalue weighted by atomic mass is 16.2. The molecule has 4 amide bonds. The molecule has 1 aliphatic heterocycles. The van der Waals surface area contributed by atoms with Crippen molar-refractivity contribution >= 4 is 35.0 Å². The van der Waals surface area contributed by atoms with Crippen molar-refractivity contribution in [2.24, 2.45) is 0 Å². The smallest absolute Gasteiger partial charge is 0.253 e. The van der Waals surface area contributed by atoms with Crippen molar-refractivity contribution in [1.29, 1.82) is 0 Å². The molecular formula is C24H28N4O4. The number of anilines is 2. The summed E-state index contributed by atoms with van der Waals surface area (Å²) in [5.41, 5.74) is 2.15. The van der Waals surface area contributed by atoms with Crippen molar-refractivity contribution in [2.75, 3.05) is 36.4 Å². The number of nitrogens with zero attached hydrogens (tertiary/aromatic N) is 2. The number of carbonyl (C=O) groups excluding carboxylic acids is 4. The first-order valence-corrected chi connectivity index (χ1v) is 10.8. The molecule has 0 spiro atoms. The molecule has 8 nitrogen and oxygen atoms in total. The number of benzene rings is 2. The van der Waals surface area contributed by atoms with Gasteiger partial charge in [0.1, 0.15) is 0 Å². The van der Waals surface area contributed by atoms with E-state index in [9.17, 15) is 19.2 Å². The Labute approximate surface area is 187 Å². The Morgan fingerprint density at radius 2 is 1.72 bits per heavy atom. The van der Waals surface area contributed by atoms with Gasteiger partial charge in [0, 0.05) is 48.6 Å². The third-order valence-electron chi connectivity index (χ3n) is 5.37. The lowest BCUT2D eigenvalue weighted by atomic mass is 10.1. The number of rotatable bonds is 8. The van der Waals surface area contributed by atoms with Gasteiger partial charge in [-0.3, -0.25) is 19.2 Å². The van der Waals surface area contributed by atoms with E-state index in [0.717, 1.165) is 12.1 Å². The summed E-state index contributed by atoms with van der Waals surface area (Å²) in [6.45, 7) is 5.51. The van der Waals surface area contributed by atoms with Crippen LogP contribution in [0.4, 0.5) is 11.4 Å². The van der Waals surface area contributed by atoms with Gasteiger partial charge in [0.15, 0.2) is 0 Å². The average molecular weight is 437 g/mol. The fourth-order valence-corrected chi connectivity index (χ4v) is 3.61. The summed E-state index contributed by atoms with van der Waals surface area (Å²) in [7, 11) is 0. The summed E-state index contributed by atoms with van der Waals surface area (Å²) >= 11 is 0. The molecule has 2 aromatic carbocycles. The number of nitrogens with one attached hydrogen (secondary N) is 2. The van der Waals surface area contributed by atoms with Crippen LogP contribution in [0.3, 0.4) is 0 Å². The molecule has 0 aromatic heterocycles. The van der Waals surface area contributed by atoms with Gasteiger partial charge in [-0.2, -0.15) is 0 Å². The fourth-order valence-electron chi connectivity index (χ4n) is 3.61. The Bertz CT molecular complexity index is 999. The molecule has 0 saturated carbocycles. The zero-order valence-electron chi connectivity index (χ0n) is 18.4. The second-order valence-corrected chi connectivity index (χ2v) is 7.48. The van der Waals surface area contributed by atoms with Crippen molar-refractivity contribution in [3.05, 3.63) is 59.7 Å². The second-order valence-electron chi connectivity index (χ2n) is 7.48. The van der Waals surface area contributed by atoms with Crippen LogP contribution in [0.1, 0.15) is 47.4 Å². The van der Waals surface area contributed by atoms with Crippen molar-refractivity contribution in [1.82, 2.24) is 10.2 Å². The van der Waals surface area contributed by atoms with Crippen LogP contribution in [0.5, 0.6) is 0 Å². The minimum absolute atomic E-state index is 0.0849. The third kappa shape index (κ3) is 5.51. The molecule has 1 fully saturated rings. The molecule has 2 N–H and O–H groups in total. The number of hydrogen-bond acceptors (Lipinski definition) is 4. The van der Waals surface area contributed by atoms with E-state index in [-0.39, 0.29) is 24.3 Å². The molecule has 32 heavy (non-hydrogen) atoms. The van der Waals surface area contributed by atoms with E-state index in [2.05, 4.69) is 10.6 Å². The molecule has 1 heterocycles. The van der Waals surface area contributed by atoms with Crippen LogP contribution < -0.4 is 15.5 Å². The predicted molar refractivity (Wildman–Crippen MR) is 123 cm³/mol. The SMILES string of the molecule is CCN(CC)C(=O)c1cccc(NC(=O)CNC(=O)c2ccc(N3CCCC3=O)cc2)c1. The van der Waals surface area contributed by atoms with E-state index < -0.39 is 5.91 Å². The van der Waals surface area contributed by atoms with E-state index >= 15 is 0 Å². The van der Waals surface area contributed by atoms with Gasteiger partial charge in [-0.05, 0) is 62.7 Å². The van der Waals surface area contributed by atoms with Gasteiger partial charge in [0.05, 0.1) is 6.54 Å². The van der Waals surface area contributed by atoms with Gasteiger partial charge in [-0.25, -0.2) is 0 Å². The van der Waals surface area contributed by atoms with Gasteiger partial charge in [0.2, 0.25) is 11.8 Å². The number of carbonyl (C=O) groups is 4. The van der Waals surface area contributed by atoms with Crippen LogP contribution in [0.25, 0.3) is 0 Å². The summed E-state index contributed by atoms with van der Waals surface area (Å²) in [5, 5.41) is 5.29. The Hall–Kier alpha value is -3.68. The highest BCUT2D eigenvalue weighted by Crippen LogP contribution is 2.21. The summed E-state index contributed by atoms with van der Waals surface area (Å²) in [6, 6.07) is 13.5. The average Bonchev–Trinajstić information content (AvgIpc) is 3.24. The molecule has 0 atom stereocenters. The van der Waals surface area contributed by atoms with Crippen LogP contribution in [0.2, 0.25) is 0 Å². The Kier molecular flexibility index (Phi) is 7.59. The topological polar surface area (TPSA) is 98.8 Å². The standard InChI is InChI=1S/C24H28N4O4/c1-3-27(4-2)24(32)18-7-5-8-19(15-18)26-21(29)16-25-23(31)17-10-12-20(13-11-17)28-14-6-9-22(28)30/h5,7-8,10-13,15H,3-4,6,9,14,16H2,1-2H3,(H,25,31)(H,26,29).